The summed E-state index contributed by atoms with van der Waals surface area (Å²) >= 11 is 4.79. The molecule has 0 unspecified atom stereocenters. The quantitative estimate of drug-likeness (QED) is 0.345. The Morgan fingerprint density at radius 2 is 2.20 bits per heavy atom. The van der Waals surface area contributed by atoms with Gasteiger partial charge < -0.3 is 4.90 Å². The van der Waals surface area contributed by atoms with Crippen molar-refractivity contribution in [3.05, 3.63) is 24.3 Å². The van der Waals surface area contributed by atoms with Gasteiger partial charge in [0.25, 0.3) is 0 Å². The molecular weight excluding hydrogens is 142 g/mol. The summed E-state index contributed by atoms with van der Waals surface area (Å²) < 4.78 is 0. The second-order valence-corrected chi connectivity index (χ2v) is 2.57. The van der Waals surface area contributed by atoms with Crippen LogP contribution >= 0.6 is 12.2 Å². The van der Waals surface area contributed by atoms with E-state index < -0.39 is 0 Å². The minimum Gasteiger partial charge on any atom is -0.305 e. The molecule has 0 aliphatic carbocycles. The minimum absolute atomic E-state index is 0.884. The molecule has 0 N–H and O–H groups in total. The van der Waals surface area contributed by atoms with Gasteiger partial charge in [-0.2, -0.15) is 0 Å². The van der Waals surface area contributed by atoms with Gasteiger partial charge in [0.1, 0.15) is 0 Å². The third kappa shape index (κ3) is 4.41. The first-order valence-electron chi connectivity index (χ1n) is 3.12. The van der Waals surface area contributed by atoms with Crippen molar-refractivity contribution >= 4 is 17.6 Å². The molecule has 0 aromatic carbocycles. The van der Waals surface area contributed by atoms with Gasteiger partial charge in [0, 0.05) is 11.9 Å². The number of rotatable bonds is 4. The van der Waals surface area contributed by atoms with Gasteiger partial charge in [-0.05, 0) is 19.7 Å². The number of hydrogen-bond donors (Lipinski definition) is 0. The molecule has 0 aromatic rings. The molecule has 0 fully saturated rings. The summed E-state index contributed by atoms with van der Waals surface area (Å²) in [6.45, 7) is 4.48. The molecule has 1 nitrogen and oxygen atoms in total. The molecule has 56 valence electrons. The predicted molar refractivity (Wildman–Crippen MR) is 50.5 cm³/mol. The molecule has 0 amide bonds. The van der Waals surface area contributed by atoms with Crippen LogP contribution in [0.3, 0.4) is 0 Å². The van der Waals surface area contributed by atoms with Crippen LogP contribution in [0.15, 0.2) is 24.3 Å². The Hall–Kier alpha value is -0.470. The highest BCUT2D eigenvalue weighted by molar-refractivity contribution is 7.79. The van der Waals surface area contributed by atoms with Crippen molar-refractivity contribution in [1.29, 1.82) is 0 Å². The van der Waals surface area contributed by atoms with Crippen molar-refractivity contribution in [1.82, 2.24) is 4.90 Å². The van der Waals surface area contributed by atoms with E-state index in [0.29, 0.717) is 0 Å². The van der Waals surface area contributed by atoms with E-state index in [9.17, 15) is 0 Å². The minimum atomic E-state index is 0.884. The standard InChI is InChI=1S/C8H13NS/c1-4-5-8(7-10)6-9(2)3/h4-5,7H,1,6H2,2-3H3/b8-5-. The van der Waals surface area contributed by atoms with E-state index >= 15 is 0 Å². The van der Waals surface area contributed by atoms with Gasteiger partial charge in [-0.25, -0.2) is 0 Å². The highest BCUT2D eigenvalue weighted by Crippen LogP contribution is 1.92. The van der Waals surface area contributed by atoms with Gasteiger partial charge in [-0.15, -0.1) is 0 Å². The largest absolute Gasteiger partial charge is 0.305 e. The van der Waals surface area contributed by atoms with E-state index in [-0.39, 0.29) is 0 Å². The van der Waals surface area contributed by atoms with Crippen LogP contribution in [-0.2, 0) is 0 Å². The zero-order chi connectivity index (χ0) is 7.98. The lowest BCUT2D eigenvalue weighted by atomic mass is 10.3. The van der Waals surface area contributed by atoms with Gasteiger partial charge in [-0.3, -0.25) is 0 Å². The molecule has 0 spiro atoms. The Bertz CT molecular complexity index is 147. The Balaban J connectivity index is 3.95. The van der Waals surface area contributed by atoms with Gasteiger partial charge >= 0.3 is 0 Å². The number of thiocarbonyl (C=S) groups is 1. The molecule has 0 aliphatic heterocycles. The van der Waals surface area contributed by atoms with E-state index in [1.54, 1.807) is 11.4 Å². The lowest BCUT2D eigenvalue weighted by Crippen LogP contribution is -2.15. The van der Waals surface area contributed by atoms with E-state index in [2.05, 4.69) is 11.5 Å². The van der Waals surface area contributed by atoms with Crippen molar-refractivity contribution in [3.63, 3.8) is 0 Å². The topological polar surface area (TPSA) is 3.24 Å². The van der Waals surface area contributed by atoms with Crippen molar-refractivity contribution < 1.29 is 0 Å². The first-order valence-corrected chi connectivity index (χ1v) is 3.59. The van der Waals surface area contributed by atoms with Crippen LogP contribution in [0.1, 0.15) is 0 Å². The molecule has 0 bridgehead atoms. The van der Waals surface area contributed by atoms with Gasteiger partial charge in [0.15, 0.2) is 0 Å². The van der Waals surface area contributed by atoms with Gasteiger partial charge in [-0.1, -0.05) is 30.9 Å². The van der Waals surface area contributed by atoms with E-state index in [0.717, 1.165) is 12.1 Å². The summed E-state index contributed by atoms with van der Waals surface area (Å²) in [6, 6.07) is 0. The Morgan fingerprint density at radius 3 is 2.50 bits per heavy atom. The van der Waals surface area contributed by atoms with Gasteiger partial charge in [0.2, 0.25) is 0 Å². The molecule has 0 saturated carbocycles. The Labute approximate surface area is 68.0 Å². The molecule has 2 heteroatoms. The van der Waals surface area contributed by atoms with E-state index in [1.807, 2.05) is 20.2 Å². The van der Waals surface area contributed by atoms with Crippen LogP contribution in [0.5, 0.6) is 0 Å². The maximum atomic E-state index is 4.79. The summed E-state index contributed by atoms with van der Waals surface area (Å²) in [5.41, 5.74) is 1.12. The van der Waals surface area contributed by atoms with E-state index in [1.165, 1.54) is 0 Å². The number of nitrogens with zero attached hydrogens (tertiary/aromatic N) is 1. The Morgan fingerprint density at radius 1 is 1.60 bits per heavy atom. The maximum Gasteiger partial charge on any atom is 0.0235 e. The molecule has 0 radical (unpaired) electrons. The van der Waals surface area contributed by atoms with Crippen LogP contribution in [-0.4, -0.2) is 30.9 Å². The fraction of sp³-hybridized carbons (Fsp3) is 0.375. The summed E-state index contributed by atoms with van der Waals surface area (Å²) in [5, 5.41) is 1.68. The maximum absolute atomic E-state index is 4.79. The first-order chi connectivity index (χ1) is 4.70. The van der Waals surface area contributed by atoms with Crippen LogP contribution < -0.4 is 0 Å². The van der Waals surface area contributed by atoms with Crippen molar-refractivity contribution in [2.45, 2.75) is 0 Å². The average molecular weight is 155 g/mol. The molecule has 0 aliphatic rings. The zero-order valence-corrected chi connectivity index (χ0v) is 7.32. The lowest BCUT2D eigenvalue weighted by molar-refractivity contribution is 0.452. The zero-order valence-electron chi connectivity index (χ0n) is 6.50. The van der Waals surface area contributed by atoms with Crippen LogP contribution in [0.25, 0.3) is 0 Å². The molecule has 0 heterocycles. The predicted octanol–water partition coefficient (Wildman–Crippen LogP) is 1.66. The first kappa shape index (κ1) is 9.53. The second kappa shape index (κ2) is 5.33. The molecule has 10 heavy (non-hydrogen) atoms. The highest BCUT2D eigenvalue weighted by Gasteiger charge is 1.91. The molecule has 0 aromatic heterocycles. The lowest BCUT2D eigenvalue weighted by Gasteiger charge is -2.08. The van der Waals surface area contributed by atoms with Crippen LogP contribution in [0, 0.1) is 0 Å². The molecule has 0 rings (SSSR count). The fourth-order valence-corrected chi connectivity index (χ4v) is 0.799. The number of hydrogen-bond acceptors (Lipinski definition) is 2. The monoisotopic (exact) mass is 155 g/mol. The molecular formula is C8H13NS. The summed E-state index contributed by atoms with van der Waals surface area (Å²) in [4.78, 5) is 2.07. The van der Waals surface area contributed by atoms with Gasteiger partial charge in [0.05, 0.1) is 0 Å². The second-order valence-electron chi connectivity index (χ2n) is 2.33. The smallest absolute Gasteiger partial charge is 0.0235 e. The third-order valence-corrected chi connectivity index (χ3v) is 1.28. The Kier molecular flexibility index (Phi) is 5.08. The van der Waals surface area contributed by atoms with E-state index in [4.69, 9.17) is 12.2 Å². The van der Waals surface area contributed by atoms with Crippen LogP contribution in [0.2, 0.25) is 0 Å². The third-order valence-electron chi connectivity index (χ3n) is 0.982. The summed E-state index contributed by atoms with van der Waals surface area (Å²) in [7, 11) is 4.02. The average Bonchev–Trinajstić information content (AvgIpc) is 1.86. The van der Waals surface area contributed by atoms with Crippen molar-refractivity contribution in [2.24, 2.45) is 0 Å². The SMILES string of the molecule is C=C/C=C(\C=S)CN(C)C. The fourth-order valence-electron chi connectivity index (χ4n) is 0.646. The number of likely N-dealkylation sites (N-methyl/N-ethyl adjacent to an activating group) is 1. The van der Waals surface area contributed by atoms with Crippen molar-refractivity contribution in [2.75, 3.05) is 20.6 Å². The highest BCUT2D eigenvalue weighted by atomic mass is 32.1. The normalized spacial score (nSPS) is 11.7. The summed E-state index contributed by atoms with van der Waals surface area (Å²) in [6.07, 6.45) is 3.68. The number of allylic oxidation sites excluding steroid dienone is 2. The molecule has 0 saturated heterocycles. The van der Waals surface area contributed by atoms with Crippen LogP contribution in [0.4, 0.5) is 0 Å². The molecule has 0 atom stereocenters. The summed E-state index contributed by atoms with van der Waals surface area (Å²) in [5.74, 6) is 0. The van der Waals surface area contributed by atoms with Crippen molar-refractivity contribution in [3.8, 4) is 0 Å².